The molecule has 0 bridgehead atoms. The first-order chi connectivity index (χ1) is 8.15. The van der Waals surface area contributed by atoms with Gasteiger partial charge in [0.2, 0.25) is 0 Å². The van der Waals surface area contributed by atoms with E-state index in [9.17, 15) is 8.42 Å². The molecule has 6 heteroatoms. The van der Waals surface area contributed by atoms with Gasteiger partial charge in [0.25, 0.3) is 10.0 Å². The number of hydrogen-bond donors (Lipinski definition) is 1. The lowest BCUT2D eigenvalue weighted by atomic mass is 10.3. The van der Waals surface area contributed by atoms with Gasteiger partial charge in [-0.1, -0.05) is 19.1 Å². The molecule has 0 amide bonds. The summed E-state index contributed by atoms with van der Waals surface area (Å²) in [6.45, 7) is 4.41. The summed E-state index contributed by atoms with van der Waals surface area (Å²) in [5.74, 6) is 0. The first-order valence-electron chi connectivity index (χ1n) is 5.52. The topological polar surface area (TPSA) is 61.8 Å². The van der Waals surface area contributed by atoms with Gasteiger partial charge < -0.3 is 10.2 Å². The standard InChI is InChI=1S/C11H15N3O2S/c1-2-12-7-8-14-9-13-17(15,16)11-6-4-3-5-10(11)14/h3-6,9,12H,2,7-8H2,1H3. The van der Waals surface area contributed by atoms with Gasteiger partial charge in [-0.15, -0.1) is 4.40 Å². The fourth-order valence-corrected chi connectivity index (χ4v) is 2.76. The number of fused-ring (bicyclic) bond motifs is 1. The third-order valence-electron chi connectivity index (χ3n) is 2.56. The Morgan fingerprint density at radius 1 is 1.35 bits per heavy atom. The maximum absolute atomic E-state index is 11.7. The normalized spacial score (nSPS) is 16.9. The van der Waals surface area contributed by atoms with Crippen LogP contribution >= 0.6 is 0 Å². The van der Waals surface area contributed by atoms with Crippen LogP contribution in [0, 0.1) is 0 Å². The summed E-state index contributed by atoms with van der Waals surface area (Å²) in [6, 6.07) is 6.92. The molecular weight excluding hydrogens is 238 g/mol. The second-order valence-electron chi connectivity index (χ2n) is 3.71. The number of benzene rings is 1. The number of nitrogens with zero attached hydrogens (tertiary/aromatic N) is 2. The summed E-state index contributed by atoms with van der Waals surface area (Å²) in [5.41, 5.74) is 0.695. The monoisotopic (exact) mass is 253 g/mol. The Bertz CT molecular complexity index is 525. The number of sulfonamides is 1. The van der Waals surface area contributed by atoms with E-state index in [2.05, 4.69) is 9.71 Å². The van der Waals surface area contributed by atoms with E-state index in [0.29, 0.717) is 12.2 Å². The van der Waals surface area contributed by atoms with Crippen LogP contribution in [-0.4, -0.2) is 34.4 Å². The highest BCUT2D eigenvalue weighted by molar-refractivity contribution is 7.90. The van der Waals surface area contributed by atoms with E-state index in [1.54, 1.807) is 18.2 Å². The van der Waals surface area contributed by atoms with Gasteiger partial charge >= 0.3 is 0 Å². The van der Waals surface area contributed by atoms with Crippen molar-refractivity contribution in [2.45, 2.75) is 11.8 Å². The van der Waals surface area contributed by atoms with Gasteiger partial charge in [-0.3, -0.25) is 0 Å². The molecule has 0 aliphatic carbocycles. The van der Waals surface area contributed by atoms with Gasteiger partial charge in [0.1, 0.15) is 11.2 Å². The first kappa shape index (κ1) is 12.1. The van der Waals surface area contributed by atoms with Gasteiger partial charge in [0, 0.05) is 13.1 Å². The third-order valence-corrected chi connectivity index (χ3v) is 3.83. The zero-order valence-corrected chi connectivity index (χ0v) is 10.4. The van der Waals surface area contributed by atoms with Gasteiger partial charge in [0.15, 0.2) is 0 Å². The molecule has 0 saturated carbocycles. The third kappa shape index (κ3) is 2.48. The molecule has 1 aliphatic heterocycles. The van der Waals surface area contributed by atoms with E-state index in [1.807, 2.05) is 17.9 Å². The molecule has 0 spiro atoms. The largest absolute Gasteiger partial charge is 0.329 e. The quantitative estimate of drug-likeness (QED) is 0.807. The van der Waals surface area contributed by atoms with Gasteiger partial charge in [-0.2, -0.15) is 8.42 Å². The number of anilines is 1. The lowest BCUT2D eigenvalue weighted by Gasteiger charge is -2.24. The SMILES string of the molecule is CCNCCN1C=NS(=O)(=O)c2ccccc21. The highest BCUT2D eigenvalue weighted by atomic mass is 32.2. The summed E-state index contributed by atoms with van der Waals surface area (Å²) in [5, 5.41) is 3.19. The molecular formula is C11H15N3O2S. The van der Waals surface area contributed by atoms with Crippen LogP contribution in [0.25, 0.3) is 0 Å². The summed E-state index contributed by atoms with van der Waals surface area (Å²) in [4.78, 5) is 2.12. The highest BCUT2D eigenvalue weighted by Gasteiger charge is 2.24. The number of hydrogen-bond acceptors (Lipinski definition) is 4. The van der Waals surface area contributed by atoms with E-state index >= 15 is 0 Å². The number of likely N-dealkylation sites (N-methyl/N-ethyl adjacent to an activating group) is 1. The molecule has 2 rings (SSSR count). The van der Waals surface area contributed by atoms with Gasteiger partial charge in [-0.05, 0) is 18.7 Å². The molecule has 0 aromatic heterocycles. The number of rotatable bonds is 4. The summed E-state index contributed by atoms with van der Waals surface area (Å²) < 4.78 is 27.0. The van der Waals surface area contributed by atoms with Crippen LogP contribution < -0.4 is 10.2 Å². The van der Waals surface area contributed by atoms with Crippen molar-refractivity contribution in [3.05, 3.63) is 24.3 Å². The molecule has 92 valence electrons. The van der Waals surface area contributed by atoms with Crippen molar-refractivity contribution >= 4 is 22.0 Å². The highest BCUT2D eigenvalue weighted by Crippen LogP contribution is 2.28. The Balaban J connectivity index is 2.28. The zero-order valence-electron chi connectivity index (χ0n) is 9.63. The van der Waals surface area contributed by atoms with Crippen LogP contribution in [0.3, 0.4) is 0 Å². The Kier molecular flexibility index (Phi) is 3.44. The van der Waals surface area contributed by atoms with Gasteiger partial charge in [0.05, 0.1) is 5.69 Å². The molecule has 1 N–H and O–H groups in total. The average molecular weight is 253 g/mol. The molecule has 0 radical (unpaired) electrons. The molecule has 1 aromatic rings. The molecule has 0 saturated heterocycles. The van der Waals surface area contributed by atoms with Crippen molar-refractivity contribution in [2.24, 2.45) is 4.40 Å². The summed E-state index contributed by atoms with van der Waals surface area (Å²) >= 11 is 0. The van der Waals surface area contributed by atoms with Gasteiger partial charge in [-0.25, -0.2) is 0 Å². The smallest absolute Gasteiger partial charge is 0.285 e. The second-order valence-corrected chi connectivity index (χ2v) is 5.31. The van der Waals surface area contributed by atoms with E-state index in [0.717, 1.165) is 13.1 Å². The average Bonchev–Trinajstić information content (AvgIpc) is 2.33. The lowest BCUT2D eigenvalue weighted by Crippen LogP contribution is -2.34. The van der Waals surface area contributed by atoms with Crippen molar-refractivity contribution in [1.82, 2.24) is 5.32 Å². The molecule has 1 heterocycles. The van der Waals surface area contributed by atoms with Crippen molar-refractivity contribution < 1.29 is 8.42 Å². The summed E-state index contributed by atoms with van der Waals surface area (Å²) in [7, 11) is -3.50. The van der Waals surface area contributed by atoms with E-state index in [4.69, 9.17) is 0 Å². The molecule has 5 nitrogen and oxygen atoms in total. The Morgan fingerprint density at radius 3 is 2.88 bits per heavy atom. The lowest BCUT2D eigenvalue weighted by molar-refractivity contribution is 0.596. The fourth-order valence-electron chi connectivity index (χ4n) is 1.70. The maximum atomic E-state index is 11.7. The van der Waals surface area contributed by atoms with Crippen LogP contribution in [0.15, 0.2) is 33.6 Å². The minimum Gasteiger partial charge on any atom is -0.329 e. The van der Waals surface area contributed by atoms with E-state index in [-0.39, 0.29) is 4.90 Å². The van der Waals surface area contributed by atoms with Crippen LogP contribution in [-0.2, 0) is 10.0 Å². The van der Waals surface area contributed by atoms with Crippen molar-refractivity contribution in [1.29, 1.82) is 0 Å². The zero-order chi connectivity index (χ0) is 12.3. The Labute approximate surface area is 101 Å². The Morgan fingerprint density at radius 2 is 2.12 bits per heavy atom. The second kappa shape index (κ2) is 4.85. The number of nitrogens with one attached hydrogen (secondary N) is 1. The summed E-state index contributed by atoms with van der Waals surface area (Å²) in [6.07, 6.45) is 1.38. The molecule has 17 heavy (non-hydrogen) atoms. The van der Waals surface area contributed by atoms with Crippen LogP contribution in [0.5, 0.6) is 0 Å². The van der Waals surface area contributed by atoms with Crippen molar-refractivity contribution in [2.75, 3.05) is 24.5 Å². The molecule has 1 aliphatic rings. The van der Waals surface area contributed by atoms with Crippen molar-refractivity contribution in [3.8, 4) is 0 Å². The molecule has 0 unspecified atom stereocenters. The van der Waals surface area contributed by atoms with E-state index < -0.39 is 10.0 Å². The molecule has 1 aromatic carbocycles. The fraction of sp³-hybridized carbons (Fsp3) is 0.364. The predicted molar refractivity (Wildman–Crippen MR) is 68.0 cm³/mol. The first-order valence-corrected chi connectivity index (χ1v) is 6.96. The van der Waals surface area contributed by atoms with Crippen molar-refractivity contribution in [3.63, 3.8) is 0 Å². The van der Waals surface area contributed by atoms with Crippen LogP contribution in [0.4, 0.5) is 5.69 Å². The minimum atomic E-state index is -3.50. The van der Waals surface area contributed by atoms with Crippen LogP contribution in [0.1, 0.15) is 6.92 Å². The number of para-hydroxylation sites is 1. The van der Waals surface area contributed by atoms with Crippen LogP contribution in [0.2, 0.25) is 0 Å². The predicted octanol–water partition coefficient (Wildman–Crippen LogP) is 0.833. The molecule has 0 atom stereocenters. The molecule has 0 fully saturated rings. The Hall–Kier alpha value is -1.40. The maximum Gasteiger partial charge on any atom is 0.285 e. The van der Waals surface area contributed by atoms with E-state index in [1.165, 1.54) is 6.34 Å². The minimum absolute atomic E-state index is 0.277.